The zero-order valence-electron chi connectivity index (χ0n) is 19.2. The van der Waals surface area contributed by atoms with Crippen LogP contribution in [0, 0.1) is 31.0 Å². The summed E-state index contributed by atoms with van der Waals surface area (Å²) in [5.74, 6) is -0.489. The minimum absolute atomic E-state index is 0.151. The predicted octanol–water partition coefficient (Wildman–Crippen LogP) is 7.03. The van der Waals surface area contributed by atoms with E-state index in [0.717, 1.165) is 23.2 Å². The second kappa shape index (κ2) is 9.85. The summed E-state index contributed by atoms with van der Waals surface area (Å²) in [4.78, 5) is 4.55. The van der Waals surface area contributed by atoms with Gasteiger partial charge in [-0.2, -0.15) is 5.26 Å². The molecule has 2 aromatic carbocycles. The van der Waals surface area contributed by atoms with E-state index >= 15 is 4.39 Å². The Morgan fingerprint density at radius 1 is 1.28 bits per heavy atom. The molecule has 0 aliphatic heterocycles. The molecule has 0 aliphatic carbocycles. The van der Waals surface area contributed by atoms with E-state index in [1.165, 1.54) is 0 Å². The second-order valence-corrected chi connectivity index (χ2v) is 8.72. The Morgan fingerprint density at radius 2 is 2.00 bits per heavy atom. The smallest absolute Gasteiger partial charge is 0.157 e. The van der Waals surface area contributed by atoms with Crippen molar-refractivity contribution >= 4 is 28.2 Å². The van der Waals surface area contributed by atoms with Crippen LogP contribution in [0.15, 0.2) is 24.3 Å². The Hall–Kier alpha value is -2.68. The van der Waals surface area contributed by atoms with Gasteiger partial charge in [0, 0.05) is 34.7 Å². The van der Waals surface area contributed by atoms with Crippen LogP contribution in [0.2, 0.25) is 5.02 Å². The van der Waals surface area contributed by atoms with Crippen molar-refractivity contribution in [3.63, 3.8) is 0 Å². The maximum Gasteiger partial charge on any atom is 0.157 e. The maximum absolute atomic E-state index is 16.2. The third-order valence-corrected chi connectivity index (χ3v) is 6.45. The standard InChI is InChI=1S/C26H29ClFN3O/c1-6-15(3)30-25-16(4)24(17(5)32)31-26-20(25)13-18(10-8-12-29)21(23(26)28)19-11-7-9-14(2)22(19)27/h7,9,11,13,15,17,32H,6,8,10H2,1-5H3,(H,30,31). The fourth-order valence-corrected chi connectivity index (χ4v) is 4.21. The lowest BCUT2D eigenvalue weighted by atomic mass is 9.91. The lowest BCUT2D eigenvalue weighted by molar-refractivity contribution is 0.194. The average Bonchev–Trinajstić information content (AvgIpc) is 2.76. The molecule has 2 N–H and O–H groups in total. The van der Waals surface area contributed by atoms with Crippen LogP contribution in [0.1, 0.15) is 62.1 Å². The quantitative estimate of drug-likeness (QED) is 0.402. The first-order chi connectivity index (χ1) is 15.2. The molecule has 1 heterocycles. The fraction of sp³-hybridized carbons (Fsp3) is 0.385. The Labute approximate surface area is 194 Å². The van der Waals surface area contributed by atoms with Crippen LogP contribution in [0.4, 0.5) is 10.1 Å². The number of benzene rings is 2. The van der Waals surface area contributed by atoms with Gasteiger partial charge in [0.05, 0.1) is 22.9 Å². The molecule has 3 rings (SSSR count). The number of fused-ring (bicyclic) bond motifs is 1. The highest BCUT2D eigenvalue weighted by Gasteiger charge is 2.24. The van der Waals surface area contributed by atoms with Crippen LogP contribution < -0.4 is 5.32 Å². The van der Waals surface area contributed by atoms with Crippen molar-refractivity contribution in [3.05, 3.63) is 57.5 Å². The van der Waals surface area contributed by atoms with Gasteiger partial charge >= 0.3 is 0 Å². The summed E-state index contributed by atoms with van der Waals surface area (Å²) in [5.41, 5.74) is 4.68. The third kappa shape index (κ3) is 4.44. The number of aliphatic hydroxyl groups is 1. The number of halogens is 2. The molecule has 0 spiro atoms. The minimum atomic E-state index is -0.847. The Morgan fingerprint density at radius 3 is 2.62 bits per heavy atom. The van der Waals surface area contributed by atoms with E-state index in [1.54, 1.807) is 13.0 Å². The number of aromatic nitrogens is 1. The molecule has 0 saturated heterocycles. The molecule has 6 heteroatoms. The molecule has 4 nitrogen and oxygen atoms in total. The molecule has 0 amide bonds. The molecule has 1 aromatic heterocycles. The first-order valence-corrected chi connectivity index (χ1v) is 11.3. The lowest BCUT2D eigenvalue weighted by Gasteiger charge is -2.23. The van der Waals surface area contributed by atoms with E-state index in [0.29, 0.717) is 39.2 Å². The van der Waals surface area contributed by atoms with Crippen molar-refractivity contribution in [1.29, 1.82) is 5.26 Å². The number of nitrogens with zero attached hydrogens (tertiary/aromatic N) is 2. The molecule has 0 radical (unpaired) electrons. The van der Waals surface area contributed by atoms with Crippen LogP contribution in [0.25, 0.3) is 22.0 Å². The summed E-state index contributed by atoms with van der Waals surface area (Å²) in [6, 6.07) is 9.73. The summed E-state index contributed by atoms with van der Waals surface area (Å²) in [7, 11) is 0. The van der Waals surface area contributed by atoms with Gasteiger partial charge in [0.1, 0.15) is 5.52 Å². The van der Waals surface area contributed by atoms with Gasteiger partial charge in [0.2, 0.25) is 0 Å². The van der Waals surface area contributed by atoms with Crippen molar-refractivity contribution in [1.82, 2.24) is 4.98 Å². The van der Waals surface area contributed by atoms with Crippen LogP contribution in [-0.4, -0.2) is 16.1 Å². The normalized spacial score (nSPS) is 13.1. The second-order valence-electron chi connectivity index (χ2n) is 8.34. The number of hydrogen-bond acceptors (Lipinski definition) is 4. The van der Waals surface area contributed by atoms with E-state index in [1.807, 2.05) is 32.0 Å². The molecule has 32 heavy (non-hydrogen) atoms. The number of anilines is 1. The summed E-state index contributed by atoms with van der Waals surface area (Å²) >= 11 is 6.58. The van der Waals surface area contributed by atoms with Gasteiger partial charge in [-0.3, -0.25) is 0 Å². The Bertz CT molecular complexity index is 1200. The van der Waals surface area contributed by atoms with E-state index < -0.39 is 11.9 Å². The van der Waals surface area contributed by atoms with Gasteiger partial charge in [-0.05, 0) is 63.3 Å². The van der Waals surface area contributed by atoms with Gasteiger partial charge in [0.15, 0.2) is 5.82 Å². The van der Waals surface area contributed by atoms with Gasteiger partial charge in [-0.1, -0.05) is 36.7 Å². The molecule has 3 aromatic rings. The highest BCUT2D eigenvalue weighted by Crippen LogP contribution is 2.41. The molecule has 0 bridgehead atoms. The van der Waals surface area contributed by atoms with Crippen LogP contribution >= 0.6 is 11.6 Å². The van der Waals surface area contributed by atoms with Crippen molar-refractivity contribution in [2.45, 2.75) is 66.0 Å². The van der Waals surface area contributed by atoms with Crippen LogP contribution in [0.3, 0.4) is 0 Å². The van der Waals surface area contributed by atoms with Crippen LogP contribution in [-0.2, 0) is 6.42 Å². The molecule has 2 unspecified atom stereocenters. The Balaban J connectivity index is 2.45. The van der Waals surface area contributed by atoms with Gasteiger partial charge in [0.25, 0.3) is 0 Å². The molecule has 0 fully saturated rings. The van der Waals surface area contributed by atoms with Crippen molar-refractivity contribution in [3.8, 4) is 17.2 Å². The number of rotatable bonds is 7. The highest BCUT2D eigenvalue weighted by molar-refractivity contribution is 6.34. The zero-order chi connectivity index (χ0) is 23.6. The number of hydrogen-bond donors (Lipinski definition) is 2. The fourth-order valence-electron chi connectivity index (χ4n) is 3.99. The first kappa shape index (κ1) is 24.0. The van der Waals surface area contributed by atoms with E-state index in [9.17, 15) is 10.4 Å². The van der Waals surface area contributed by atoms with Crippen LogP contribution in [0.5, 0.6) is 0 Å². The van der Waals surface area contributed by atoms with Gasteiger partial charge < -0.3 is 10.4 Å². The Kier molecular flexibility index (Phi) is 7.38. The molecule has 0 saturated carbocycles. The monoisotopic (exact) mass is 453 g/mol. The van der Waals surface area contributed by atoms with Crippen molar-refractivity contribution in [2.75, 3.05) is 5.32 Å². The van der Waals surface area contributed by atoms with E-state index in [-0.39, 0.29) is 18.0 Å². The highest BCUT2D eigenvalue weighted by atomic mass is 35.5. The number of nitriles is 1. The lowest BCUT2D eigenvalue weighted by Crippen LogP contribution is -2.17. The molecule has 168 valence electrons. The minimum Gasteiger partial charge on any atom is -0.387 e. The van der Waals surface area contributed by atoms with E-state index in [4.69, 9.17) is 11.6 Å². The number of aliphatic hydroxyl groups excluding tert-OH is 1. The summed E-state index contributed by atoms with van der Waals surface area (Å²) in [6.07, 6.45) is 0.686. The van der Waals surface area contributed by atoms with Crippen molar-refractivity contribution < 1.29 is 9.50 Å². The third-order valence-electron chi connectivity index (χ3n) is 5.95. The summed E-state index contributed by atoms with van der Waals surface area (Å²) in [5, 5.41) is 24.1. The van der Waals surface area contributed by atoms with Crippen molar-refractivity contribution in [2.24, 2.45) is 0 Å². The largest absolute Gasteiger partial charge is 0.387 e. The molecular formula is C26H29ClFN3O. The predicted molar refractivity (Wildman–Crippen MR) is 130 cm³/mol. The molecular weight excluding hydrogens is 425 g/mol. The topological polar surface area (TPSA) is 68.9 Å². The molecule has 2 atom stereocenters. The molecule has 0 aliphatic rings. The van der Waals surface area contributed by atoms with Gasteiger partial charge in [-0.25, -0.2) is 9.37 Å². The summed E-state index contributed by atoms with van der Waals surface area (Å²) in [6.45, 7) is 9.52. The number of aryl methyl sites for hydroxylation is 2. The average molecular weight is 454 g/mol. The zero-order valence-corrected chi connectivity index (χ0v) is 19.9. The van der Waals surface area contributed by atoms with E-state index in [2.05, 4.69) is 30.2 Å². The van der Waals surface area contributed by atoms with Gasteiger partial charge in [-0.15, -0.1) is 0 Å². The number of nitrogens with one attached hydrogen (secondary N) is 1. The first-order valence-electron chi connectivity index (χ1n) is 10.9. The maximum atomic E-state index is 16.2. The SMILES string of the molecule is CCC(C)Nc1c(C)c(C(C)O)nc2c(F)c(-c3cccc(C)c3Cl)c(CCC#N)cc12. The summed E-state index contributed by atoms with van der Waals surface area (Å²) < 4.78 is 16.2. The number of pyridine rings is 1.